The van der Waals surface area contributed by atoms with E-state index in [0.29, 0.717) is 21.7 Å². The van der Waals surface area contributed by atoms with Crippen LogP contribution in [-0.4, -0.2) is 16.6 Å². The van der Waals surface area contributed by atoms with E-state index >= 15 is 0 Å². The van der Waals surface area contributed by atoms with E-state index in [-0.39, 0.29) is 5.89 Å². The van der Waals surface area contributed by atoms with Gasteiger partial charge < -0.3 is 14.4 Å². The molecule has 0 aliphatic carbocycles. The topological polar surface area (TPSA) is 79.3 Å². The van der Waals surface area contributed by atoms with Crippen LogP contribution < -0.4 is 4.73 Å². The predicted molar refractivity (Wildman–Crippen MR) is 105 cm³/mol. The van der Waals surface area contributed by atoms with Crippen molar-refractivity contribution in [2.24, 2.45) is 0 Å². The molecule has 0 saturated carbocycles. The highest BCUT2D eigenvalue weighted by Gasteiger charge is 2.40. The summed E-state index contributed by atoms with van der Waals surface area (Å²) in [5, 5.41) is 11.8. The van der Waals surface area contributed by atoms with Gasteiger partial charge in [-0.1, -0.05) is 30.3 Å². The lowest BCUT2D eigenvalue weighted by Gasteiger charge is -2.26. The maximum atomic E-state index is 12.8. The summed E-state index contributed by atoms with van der Waals surface area (Å²) in [4.78, 5) is 17.4. The van der Waals surface area contributed by atoms with Gasteiger partial charge in [0.1, 0.15) is 16.7 Å². The van der Waals surface area contributed by atoms with Crippen LogP contribution in [0, 0.1) is 5.21 Å². The fraction of sp³-hybridized carbons (Fsp3) is 0.318. The minimum absolute atomic E-state index is 0.233. The lowest BCUT2D eigenvalue weighted by molar-refractivity contribution is -0.604. The molecule has 0 saturated heterocycles. The Morgan fingerprint density at radius 1 is 1.04 bits per heavy atom. The Bertz CT molecular complexity index is 985. The first-order valence-corrected chi connectivity index (χ1v) is 9.07. The Kier molecular flexibility index (Phi) is 4.98. The molecule has 0 fully saturated rings. The molecular weight excluding hydrogens is 356 g/mol. The molecule has 0 amide bonds. The molecule has 0 spiro atoms. The van der Waals surface area contributed by atoms with Gasteiger partial charge in [-0.25, -0.2) is 4.98 Å². The Balaban J connectivity index is 2.13. The second kappa shape index (κ2) is 7.11. The predicted octanol–water partition coefficient (Wildman–Crippen LogP) is 4.26. The zero-order chi connectivity index (χ0) is 20.5. The summed E-state index contributed by atoms with van der Waals surface area (Å²) in [6.45, 7) is 8.87. The van der Waals surface area contributed by atoms with Gasteiger partial charge in [-0.2, -0.15) is 4.73 Å². The Hall–Kier alpha value is -3.15. The van der Waals surface area contributed by atoms with Crippen LogP contribution >= 0.6 is 0 Å². The maximum Gasteiger partial charge on any atom is 0.321 e. The van der Waals surface area contributed by atoms with E-state index in [4.69, 9.17) is 9.15 Å². The van der Waals surface area contributed by atoms with Crippen LogP contribution in [-0.2, 0) is 14.9 Å². The van der Waals surface area contributed by atoms with E-state index in [2.05, 4.69) is 4.98 Å². The number of esters is 1. The summed E-state index contributed by atoms with van der Waals surface area (Å²) in [6.07, 6.45) is 2.81. The second-order valence-corrected chi connectivity index (χ2v) is 8.14. The molecule has 2 heterocycles. The number of nitrogens with zero attached hydrogens (tertiary/aromatic N) is 2. The highest BCUT2D eigenvalue weighted by atomic mass is 16.6. The molecule has 0 aliphatic rings. The van der Waals surface area contributed by atoms with Crippen molar-refractivity contribution >= 4 is 5.97 Å². The maximum absolute atomic E-state index is 12.8. The van der Waals surface area contributed by atoms with Crippen molar-refractivity contribution in [3.8, 4) is 22.6 Å². The van der Waals surface area contributed by atoms with Gasteiger partial charge >= 0.3 is 5.97 Å². The summed E-state index contributed by atoms with van der Waals surface area (Å²) >= 11 is 0. The average molecular weight is 380 g/mol. The van der Waals surface area contributed by atoms with Crippen LogP contribution in [0.1, 0.15) is 40.5 Å². The molecule has 0 N–H and O–H groups in total. The first-order valence-electron chi connectivity index (χ1n) is 9.07. The highest BCUT2D eigenvalue weighted by molar-refractivity contribution is 5.83. The van der Waals surface area contributed by atoms with E-state index in [1.807, 2.05) is 51.1 Å². The molecule has 0 unspecified atom stereocenters. The third kappa shape index (κ3) is 4.06. The number of pyridine rings is 1. The molecular formula is C22H24N2O4. The van der Waals surface area contributed by atoms with Gasteiger partial charge in [0.2, 0.25) is 5.89 Å². The first kappa shape index (κ1) is 19.6. The van der Waals surface area contributed by atoms with Gasteiger partial charge in [0.15, 0.2) is 18.2 Å². The third-order valence-electron chi connectivity index (χ3n) is 4.16. The Morgan fingerprint density at radius 2 is 1.68 bits per heavy atom. The number of carbonyl (C=O) groups excluding carboxylic acids is 1. The number of hydrogen-bond donors (Lipinski definition) is 0. The smallest absolute Gasteiger partial charge is 0.321 e. The lowest BCUT2D eigenvalue weighted by atomic mass is 9.93. The van der Waals surface area contributed by atoms with E-state index < -0.39 is 17.0 Å². The van der Waals surface area contributed by atoms with Crippen LogP contribution in [0.3, 0.4) is 0 Å². The molecule has 0 aliphatic heterocycles. The molecule has 6 heteroatoms. The largest absolute Gasteiger partial charge is 0.619 e. The van der Waals surface area contributed by atoms with Gasteiger partial charge in [0, 0.05) is 11.6 Å². The van der Waals surface area contributed by atoms with Crippen molar-refractivity contribution in [2.45, 2.75) is 45.6 Å². The van der Waals surface area contributed by atoms with E-state index in [9.17, 15) is 10.0 Å². The summed E-state index contributed by atoms with van der Waals surface area (Å²) < 4.78 is 12.3. The molecule has 0 atom stereocenters. The van der Waals surface area contributed by atoms with Crippen molar-refractivity contribution in [3.63, 3.8) is 0 Å². The number of oxazole rings is 1. The van der Waals surface area contributed by atoms with Crippen molar-refractivity contribution in [1.82, 2.24) is 4.98 Å². The molecule has 146 valence electrons. The number of carbonyl (C=O) groups is 1. The highest BCUT2D eigenvalue weighted by Crippen LogP contribution is 2.36. The van der Waals surface area contributed by atoms with Gasteiger partial charge in [0.25, 0.3) is 0 Å². The van der Waals surface area contributed by atoms with Crippen LogP contribution in [0.15, 0.2) is 59.3 Å². The molecule has 0 bridgehead atoms. The van der Waals surface area contributed by atoms with Crippen molar-refractivity contribution in [3.05, 3.63) is 66.0 Å². The zero-order valence-corrected chi connectivity index (χ0v) is 16.7. The van der Waals surface area contributed by atoms with Crippen LogP contribution in [0.5, 0.6) is 0 Å². The number of benzene rings is 1. The SMILES string of the molecule is CC(C)(C)OC(=O)C(C)(C)c1nc(-c2ccccc2)c(-c2ccc[n+]([O-])c2)o1. The summed E-state index contributed by atoms with van der Waals surface area (Å²) in [7, 11) is 0. The zero-order valence-electron chi connectivity index (χ0n) is 16.7. The van der Waals surface area contributed by atoms with Crippen molar-refractivity contribution in [1.29, 1.82) is 0 Å². The molecule has 2 aromatic heterocycles. The summed E-state index contributed by atoms with van der Waals surface area (Å²) in [5.74, 6) is 0.235. The fourth-order valence-electron chi connectivity index (χ4n) is 2.66. The molecule has 6 nitrogen and oxygen atoms in total. The normalized spacial score (nSPS) is 12.0. The van der Waals surface area contributed by atoms with Gasteiger partial charge in [-0.15, -0.1) is 0 Å². The molecule has 28 heavy (non-hydrogen) atoms. The Labute approximate surface area is 164 Å². The monoisotopic (exact) mass is 380 g/mol. The van der Waals surface area contributed by atoms with Gasteiger partial charge in [-0.3, -0.25) is 4.79 Å². The lowest BCUT2D eigenvalue weighted by Crippen LogP contribution is -2.37. The van der Waals surface area contributed by atoms with Gasteiger partial charge in [-0.05, 0) is 40.7 Å². The Morgan fingerprint density at radius 3 is 2.29 bits per heavy atom. The molecule has 3 aromatic rings. The molecule has 0 radical (unpaired) electrons. The van der Waals surface area contributed by atoms with Crippen LogP contribution in [0.25, 0.3) is 22.6 Å². The summed E-state index contributed by atoms with van der Waals surface area (Å²) in [5.41, 5.74) is 0.249. The minimum Gasteiger partial charge on any atom is -0.619 e. The first-order chi connectivity index (χ1) is 13.1. The van der Waals surface area contributed by atoms with Crippen LogP contribution in [0.2, 0.25) is 0 Å². The quantitative estimate of drug-likeness (QED) is 0.384. The van der Waals surface area contributed by atoms with Crippen LogP contribution in [0.4, 0.5) is 0 Å². The van der Waals surface area contributed by atoms with Gasteiger partial charge in [0.05, 0.1) is 5.56 Å². The third-order valence-corrected chi connectivity index (χ3v) is 4.16. The number of aromatic nitrogens is 2. The second-order valence-electron chi connectivity index (χ2n) is 8.14. The molecule has 1 aromatic carbocycles. The average Bonchev–Trinajstić information content (AvgIpc) is 3.07. The van der Waals surface area contributed by atoms with Crippen molar-refractivity contribution < 1.29 is 18.7 Å². The van der Waals surface area contributed by atoms with E-state index in [0.717, 1.165) is 5.56 Å². The number of rotatable bonds is 4. The minimum atomic E-state index is -1.10. The van der Waals surface area contributed by atoms with Crippen molar-refractivity contribution in [2.75, 3.05) is 0 Å². The van der Waals surface area contributed by atoms with E-state index in [1.165, 1.54) is 12.4 Å². The number of ether oxygens (including phenoxy) is 1. The summed E-state index contributed by atoms with van der Waals surface area (Å²) in [6, 6.07) is 12.9. The molecule has 3 rings (SSSR count). The standard InChI is InChI=1S/C22H24N2O4/c1-21(2,3)28-20(25)22(4,5)19-23-17(15-10-7-6-8-11-15)18(27-19)16-12-9-13-24(26)14-16/h6-14H,1-5H3. The number of hydrogen-bond acceptors (Lipinski definition) is 5. The fourth-order valence-corrected chi connectivity index (χ4v) is 2.66. The van der Waals surface area contributed by atoms with E-state index in [1.54, 1.807) is 26.0 Å².